The number of esters is 1. The first-order valence-corrected chi connectivity index (χ1v) is 8.95. The van der Waals surface area contributed by atoms with E-state index < -0.39 is 0 Å². The van der Waals surface area contributed by atoms with Gasteiger partial charge in [-0.2, -0.15) is 0 Å². The molecule has 0 spiro atoms. The minimum absolute atomic E-state index is 0.177. The van der Waals surface area contributed by atoms with Crippen LogP contribution in [0.1, 0.15) is 18.1 Å². The quantitative estimate of drug-likeness (QED) is 0.626. The summed E-state index contributed by atoms with van der Waals surface area (Å²) in [4.78, 5) is 14.5. The predicted octanol–water partition coefficient (Wildman–Crippen LogP) is 3.66. The predicted molar refractivity (Wildman–Crippen MR) is 103 cm³/mol. The van der Waals surface area contributed by atoms with Gasteiger partial charge in [-0.3, -0.25) is 9.69 Å². The van der Waals surface area contributed by atoms with Gasteiger partial charge in [-0.25, -0.2) is 0 Å². The van der Waals surface area contributed by atoms with E-state index in [0.717, 1.165) is 24.2 Å². The standard InChI is InChI=1S/C23H23NO2/c1-2-26-23(25)22-15-21(14-13-19-9-5-3-6-10-19)17-24(18-22)16-20-11-7-4-8-12-20/h3-12,15,22H,2,16-18H2,1H3. The third-order valence-electron chi connectivity index (χ3n) is 4.23. The molecule has 1 unspecified atom stereocenters. The zero-order valence-corrected chi connectivity index (χ0v) is 15.0. The van der Waals surface area contributed by atoms with Crippen molar-refractivity contribution in [2.24, 2.45) is 5.92 Å². The first kappa shape index (κ1) is 18.0. The third-order valence-corrected chi connectivity index (χ3v) is 4.23. The summed E-state index contributed by atoms with van der Waals surface area (Å²) in [5, 5.41) is 0. The van der Waals surface area contributed by atoms with Crippen molar-refractivity contribution >= 4 is 5.97 Å². The second kappa shape index (κ2) is 9.03. The van der Waals surface area contributed by atoms with Crippen LogP contribution in [0.4, 0.5) is 0 Å². The molecule has 0 aliphatic carbocycles. The molecule has 3 rings (SSSR count). The lowest BCUT2D eigenvalue weighted by atomic mass is 9.99. The van der Waals surface area contributed by atoms with E-state index >= 15 is 0 Å². The van der Waals surface area contributed by atoms with Gasteiger partial charge in [0.05, 0.1) is 12.5 Å². The van der Waals surface area contributed by atoms with Crippen LogP contribution in [0.5, 0.6) is 0 Å². The zero-order valence-electron chi connectivity index (χ0n) is 15.0. The molecule has 3 heteroatoms. The van der Waals surface area contributed by atoms with E-state index in [0.29, 0.717) is 13.2 Å². The Morgan fingerprint density at radius 3 is 2.46 bits per heavy atom. The maximum absolute atomic E-state index is 12.3. The monoisotopic (exact) mass is 345 g/mol. The van der Waals surface area contributed by atoms with Crippen molar-refractivity contribution in [1.29, 1.82) is 0 Å². The van der Waals surface area contributed by atoms with Crippen LogP contribution in [0.3, 0.4) is 0 Å². The highest BCUT2D eigenvalue weighted by Crippen LogP contribution is 2.19. The third kappa shape index (κ3) is 5.08. The molecule has 3 nitrogen and oxygen atoms in total. The van der Waals surface area contributed by atoms with Crippen LogP contribution >= 0.6 is 0 Å². The van der Waals surface area contributed by atoms with Gasteiger partial charge in [0.15, 0.2) is 0 Å². The van der Waals surface area contributed by atoms with E-state index in [1.807, 2.05) is 61.5 Å². The van der Waals surface area contributed by atoms with Gasteiger partial charge in [-0.15, -0.1) is 0 Å². The maximum Gasteiger partial charge on any atom is 0.314 e. The molecule has 0 saturated carbocycles. The molecule has 0 bridgehead atoms. The van der Waals surface area contributed by atoms with E-state index in [2.05, 4.69) is 28.9 Å². The van der Waals surface area contributed by atoms with Gasteiger partial charge in [0, 0.05) is 30.8 Å². The lowest BCUT2D eigenvalue weighted by molar-refractivity contribution is -0.147. The second-order valence-corrected chi connectivity index (χ2v) is 6.32. The van der Waals surface area contributed by atoms with Crippen LogP contribution in [-0.2, 0) is 16.1 Å². The SMILES string of the molecule is CCOC(=O)C1C=C(C#Cc2ccccc2)CN(Cc2ccccc2)C1. The molecule has 1 atom stereocenters. The molecule has 0 fully saturated rings. The summed E-state index contributed by atoms with van der Waals surface area (Å²) in [6, 6.07) is 20.2. The van der Waals surface area contributed by atoms with E-state index in [4.69, 9.17) is 4.74 Å². The fourth-order valence-corrected chi connectivity index (χ4v) is 3.04. The Labute approximate surface area is 155 Å². The van der Waals surface area contributed by atoms with Crippen LogP contribution in [0.15, 0.2) is 72.3 Å². The number of nitrogens with zero attached hydrogens (tertiary/aromatic N) is 1. The van der Waals surface area contributed by atoms with Crippen molar-refractivity contribution in [3.8, 4) is 11.8 Å². The van der Waals surface area contributed by atoms with Crippen LogP contribution in [0.2, 0.25) is 0 Å². The minimum Gasteiger partial charge on any atom is -0.466 e. The highest BCUT2D eigenvalue weighted by molar-refractivity contribution is 5.75. The highest BCUT2D eigenvalue weighted by Gasteiger charge is 2.26. The van der Waals surface area contributed by atoms with Gasteiger partial charge in [0.2, 0.25) is 0 Å². The number of hydrogen-bond donors (Lipinski definition) is 0. The number of benzene rings is 2. The number of ether oxygens (including phenoxy) is 1. The molecule has 2 aromatic rings. The fraction of sp³-hybridized carbons (Fsp3) is 0.261. The summed E-state index contributed by atoms with van der Waals surface area (Å²) in [5.41, 5.74) is 3.17. The van der Waals surface area contributed by atoms with Crippen molar-refractivity contribution in [2.45, 2.75) is 13.5 Å². The zero-order chi connectivity index (χ0) is 18.2. The molecule has 1 aliphatic heterocycles. The smallest absolute Gasteiger partial charge is 0.314 e. The first-order valence-electron chi connectivity index (χ1n) is 8.95. The summed E-state index contributed by atoms with van der Waals surface area (Å²) >= 11 is 0. The Kier molecular flexibility index (Phi) is 6.24. The van der Waals surface area contributed by atoms with Gasteiger partial charge in [0.25, 0.3) is 0 Å². The molecular formula is C23H23NO2. The van der Waals surface area contributed by atoms with Gasteiger partial charge >= 0.3 is 5.97 Å². The van der Waals surface area contributed by atoms with E-state index in [-0.39, 0.29) is 11.9 Å². The van der Waals surface area contributed by atoms with Crippen LogP contribution in [-0.4, -0.2) is 30.6 Å². The molecule has 0 aromatic heterocycles. The molecule has 1 aliphatic rings. The second-order valence-electron chi connectivity index (χ2n) is 6.32. The van der Waals surface area contributed by atoms with Crippen molar-refractivity contribution in [1.82, 2.24) is 4.90 Å². The summed E-state index contributed by atoms with van der Waals surface area (Å²) in [7, 11) is 0. The number of carbonyl (C=O) groups is 1. The van der Waals surface area contributed by atoms with Crippen molar-refractivity contribution in [3.05, 3.63) is 83.4 Å². The number of rotatable bonds is 4. The van der Waals surface area contributed by atoms with Crippen molar-refractivity contribution in [3.63, 3.8) is 0 Å². The molecule has 2 aromatic carbocycles. The molecule has 0 amide bonds. The topological polar surface area (TPSA) is 29.5 Å². The highest BCUT2D eigenvalue weighted by atomic mass is 16.5. The average molecular weight is 345 g/mol. The maximum atomic E-state index is 12.3. The molecule has 0 radical (unpaired) electrons. The summed E-state index contributed by atoms with van der Waals surface area (Å²) in [6.07, 6.45) is 1.97. The van der Waals surface area contributed by atoms with Crippen molar-refractivity contribution in [2.75, 3.05) is 19.7 Å². The molecule has 1 heterocycles. The normalized spacial score (nSPS) is 17.0. The Hall–Kier alpha value is -2.83. The minimum atomic E-state index is -0.271. The molecular weight excluding hydrogens is 322 g/mol. The van der Waals surface area contributed by atoms with Gasteiger partial charge in [0.1, 0.15) is 0 Å². The Bertz CT molecular complexity index is 816. The van der Waals surface area contributed by atoms with E-state index in [1.54, 1.807) is 0 Å². The molecule has 0 N–H and O–H groups in total. The molecule has 0 saturated heterocycles. The van der Waals surface area contributed by atoms with Crippen LogP contribution in [0, 0.1) is 17.8 Å². The van der Waals surface area contributed by atoms with Crippen LogP contribution in [0.25, 0.3) is 0 Å². The van der Waals surface area contributed by atoms with Crippen molar-refractivity contribution < 1.29 is 9.53 Å². The Balaban J connectivity index is 1.79. The fourth-order valence-electron chi connectivity index (χ4n) is 3.04. The van der Waals surface area contributed by atoms with Gasteiger partial charge < -0.3 is 4.74 Å². The average Bonchev–Trinajstić information content (AvgIpc) is 2.68. The molecule has 132 valence electrons. The lowest BCUT2D eigenvalue weighted by Crippen LogP contribution is -2.38. The number of carbonyl (C=O) groups excluding carboxylic acids is 1. The van der Waals surface area contributed by atoms with Gasteiger partial charge in [-0.1, -0.05) is 66.4 Å². The summed E-state index contributed by atoms with van der Waals surface area (Å²) in [6.45, 7) is 4.42. The van der Waals surface area contributed by atoms with E-state index in [9.17, 15) is 4.79 Å². The number of hydrogen-bond acceptors (Lipinski definition) is 3. The largest absolute Gasteiger partial charge is 0.466 e. The van der Waals surface area contributed by atoms with Gasteiger partial charge in [-0.05, 0) is 24.6 Å². The molecule has 26 heavy (non-hydrogen) atoms. The summed E-state index contributed by atoms with van der Waals surface area (Å²) in [5.74, 6) is 5.99. The van der Waals surface area contributed by atoms with E-state index in [1.165, 1.54) is 5.56 Å². The Morgan fingerprint density at radius 2 is 1.77 bits per heavy atom. The first-order chi connectivity index (χ1) is 12.7. The Morgan fingerprint density at radius 1 is 1.08 bits per heavy atom. The lowest BCUT2D eigenvalue weighted by Gasteiger charge is -2.29. The summed E-state index contributed by atoms with van der Waals surface area (Å²) < 4.78 is 5.23. The van der Waals surface area contributed by atoms with Crippen LogP contribution < -0.4 is 0 Å².